The molecule has 0 saturated heterocycles. The molecule has 0 bridgehead atoms. The van der Waals surface area contributed by atoms with Crippen LogP contribution in [0.4, 0.5) is 0 Å². The summed E-state index contributed by atoms with van der Waals surface area (Å²) in [6.07, 6.45) is 11.9. The molecule has 0 unspecified atom stereocenters. The summed E-state index contributed by atoms with van der Waals surface area (Å²) in [5.41, 5.74) is 20.6. The van der Waals surface area contributed by atoms with Gasteiger partial charge in [0.1, 0.15) is 0 Å². The minimum Gasteiger partial charge on any atom is -0.478 e. The number of nitrogens with two attached hydrogens (primary N) is 1. The van der Waals surface area contributed by atoms with Gasteiger partial charge in [-0.3, -0.25) is 24.4 Å². The number of Topliss-reactive ketones (excluding diaryl/α,β-unsaturated/α-hetero) is 2. The van der Waals surface area contributed by atoms with E-state index in [2.05, 4.69) is 147 Å². The molecule has 12 rings (SSSR count). The number of esters is 3. The van der Waals surface area contributed by atoms with Gasteiger partial charge in [0, 0.05) is 71.0 Å². The van der Waals surface area contributed by atoms with E-state index in [9.17, 15) is 38.4 Å². The Morgan fingerprint density at radius 3 is 1.25 bits per heavy atom. The first-order valence-corrected chi connectivity index (χ1v) is 36.0. The summed E-state index contributed by atoms with van der Waals surface area (Å²) in [5.74, 6) is 5.37. The second-order valence-corrected chi connectivity index (χ2v) is 26.6. The van der Waals surface area contributed by atoms with E-state index < -0.39 is 23.9 Å². The molecule has 554 valence electrons. The van der Waals surface area contributed by atoms with Crippen molar-refractivity contribution in [2.24, 2.45) is 15.7 Å². The molecule has 2 heterocycles. The van der Waals surface area contributed by atoms with Crippen molar-refractivity contribution in [3.8, 4) is 24.2 Å². The number of amides is 1. The van der Waals surface area contributed by atoms with Crippen molar-refractivity contribution in [3.05, 3.63) is 361 Å². The molecule has 0 aliphatic carbocycles. The van der Waals surface area contributed by atoms with Crippen LogP contribution < -0.4 is 11.1 Å². The Balaban J connectivity index is 0.000000244. The molecule has 0 saturated carbocycles. The fraction of sp³-hybridized carbons (Fsp3) is 0.114. The van der Waals surface area contributed by atoms with Crippen LogP contribution in [-0.4, -0.2) is 103 Å². The van der Waals surface area contributed by atoms with Gasteiger partial charge in [0.15, 0.2) is 11.6 Å². The van der Waals surface area contributed by atoms with Gasteiger partial charge in [0.25, 0.3) is 5.91 Å². The fourth-order valence-electron chi connectivity index (χ4n) is 9.88. The quantitative estimate of drug-likeness (QED) is 0.0217. The number of carboxylic acids is 2. The van der Waals surface area contributed by atoms with Crippen LogP contribution >= 0.6 is 80.2 Å². The molecule has 21 heteroatoms. The van der Waals surface area contributed by atoms with Crippen LogP contribution in [0, 0.1) is 34.9 Å². The first-order chi connectivity index (χ1) is 51.7. The standard InChI is InChI=1S/C26H19NO2.C18H14INO2.C17H14INO4.C10H11NO3.C9H8.C7H5IO2.CH4.ClH/c28-26(29)22-14-12-21(13-15-22)24-17-25(27-18-24)23-11-5-10-20(16-23)9-4-8-19-6-2-1-3-7-19;1-22-18(21)13-7-5-12(6-8-13)15-10-17(20-11-15)14-3-2-4-16(19)9-14;1-23-17(22)12-7-5-11(6-8-12)15(20)10-19-16(21)13-3-2-4-14(18)9-13;1-14-10(13)8-4-2-7(3-5-8)9(12)6-11;1-2-6-9-7-4-3-5-8-9;8-6-3-1-2-5(4-6)7(9)10;;/h1-3,5-7,10-16,18H,8,17H2,(H,28,29);2-9,11H,10H2,1H3;2-9H,10H2,1H3,(H,19,21);2-5H,6,11H2,1H3;1,3-5,7-8H,6H2;1-4H,(H,9,10);1H4;1H. The lowest BCUT2D eigenvalue weighted by Gasteiger charge is -2.06. The number of ketones is 2. The number of nitrogens with zero attached hydrogens (tertiary/aromatic N) is 2. The first-order valence-electron chi connectivity index (χ1n) is 32.8. The van der Waals surface area contributed by atoms with Crippen molar-refractivity contribution in [1.82, 2.24) is 5.32 Å². The Hall–Kier alpha value is -11.3. The Labute approximate surface area is 681 Å². The SMILES string of the molecule is C.C#CCc1ccccc1.COC(=O)c1ccc(C(=O)CN)cc1.COC(=O)c1ccc(C(=O)CNC(=O)c2cccc(I)c2)cc1.COC(=O)c1ccc(C2=CN=C(c3cccc(I)c3)C2)cc1.Cl.O=C(O)c1ccc(C2=CN=C(c3cccc(C#CCc4ccccc4)c3)C2)cc1.O=C(O)c1cccc(I)c1. The predicted octanol–water partition coefficient (Wildman–Crippen LogP) is 17.7. The lowest BCUT2D eigenvalue weighted by molar-refractivity contribution is 0.0592. The van der Waals surface area contributed by atoms with E-state index in [-0.39, 0.29) is 61.9 Å². The highest BCUT2D eigenvalue weighted by molar-refractivity contribution is 14.1. The van der Waals surface area contributed by atoms with Crippen LogP contribution in [0.25, 0.3) is 11.1 Å². The van der Waals surface area contributed by atoms with Crippen molar-refractivity contribution in [2.75, 3.05) is 34.4 Å². The van der Waals surface area contributed by atoms with E-state index >= 15 is 0 Å². The predicted molar refractivity (Wildman–Crippen MR) is 456 cm³/mol. The molecule has 0 spiro atoms. The number of hydrogen-bond acceptors (Lipinski definition) is 14. The number of nitrogens with one attached hydrogen (secondary N) is 1. The zero-order valence-electron chi connectivity index (χ0n) is 58.6. The third-order valence-electron chi connectivity index (χ3n) is 15.5. The molecule has 10 aromatic carbocycles. The van der Waals surface area contributed by atoms with Gasteiger partial charge in [-0.05, 0) is 221 Å². The zero-order chi connectivity index (χ0) is 77.0. The van der Waals surface area contributed by atoms with E-state index in [1.165, 1.54) is 72.4 Å². The number of methoxy groups -OCH3 is 3. The molecule has 10 aromatic rings. The average Bonchev–Trinajstić information content (AvgIpc) is 1.79. The third kappa shape index (κ3) is 29.1. The Kier molecular flexibility index (Phi) is 37.9. The van der Waals surface area contributed by atoms with Gasteiger partial charge in [0.05, 0.1) is 73.7 Å². The maximum atomic E-state index is 12.1. The van der Waals surface area contributed by atoms with Gasteiger partial charge in [-0.2, -0.15) is 0 Å². The maximum Gasteiger partial charge on any atom is 0.337 e. The summed E-state index contributed by atoms with van der Waals surface area (Å²) >= 11 is 6.50. The number of aliphatic imine (C=N–C) groups is 2. The highest BCUT2D eigenvalue weighted by atomic mass is 127. The molecular formula is C88H76ClI3N4O13. The summed E-state index contributed by atoms with van der Waals surface area (Å²) < 4.78 is 16.9. The molecule has 109 heavy (non-hydrogen) atoms. The van der Waals surface area contributed by atoms with E-state index in [1.54, 1.807) is 72.8 Å². The van der Waals surface area contributed by atoms with Crippen molar-refractivity contribution < 1.29 is 62.8 Å². The molecule has 2 aliphatic rings. The van der Waals surface area contributed by atoms with Crippen molar-refractivity contribution in [3.63, 3.8) is 0 Å². The normalized spacial score (nSPS) is 11.0. The van der Waals surface area contributed by atoms with Crippen molar-refractivity contribution in [1.29, 1.82) is 0 Å². The summed E-state index contributed by atoms with van der Waals surface area (Å²) in [4.78, 5) is 99.5. The van der Waals surface area contributed by atoms with E-state index in [4.69, 9.17) is 27.1 Å². The van der Waals surface area contributed by atoms with E-state index in [0.717, 1.165) is 76.8 Å². The molecule has 0 atom stereocenters. The summed E-state index contributed by atoms with van der Waals surface area (Å²) in [5, 5.41) is 20.1. The third-order valence-corrected chi connectivity index (χ3v) is 17.5. The van der Waals surface area contributed by atoms with Crippen LogP contribution in [-0.2, 0) is 27.1 Å². The topological polar surface area (TPSA) is 267 Å². The summed E-state index contributed by atoms with van der Waals surface area (Å²) in [7, 11) is 3.99. The minimum atomic E-state index is -0.918. The number of ether oxygens (including phenoxy) is 3. The van der Waals surface area contributed by atoms with Crippen LogP contribution in [0.2, 0.25) is 0 Å². The minimum absolute atomic E-state index is 0. The van der Waals surface area contributed by atoms with Gasteiger partial charge in [-0.1, -0.05) is 165 Å². The van der Waals surface area contributed by atoms with Gasteiger partial charge < -0.3 is 35.5 Å². The van der Waals surface area contributed by atoms with Gasteiger partial charge in [-0.15, -0.1) is 24.8 Å². The lowest BCUT2D eigenvalue weighted by atomic mass is 9.98. The number of carbonyl (C=O) groups excluding carboxylic acids is 6. The monoisotopic (exact) mass is 1810 g/mol. The molecule has 5 N–H and O–H groups in total. The average molecular weight is 1810 g/mol. The number of carbonyl (C=O) groups is 8. The number of allylic oxidation sites excluding steroid dienone is 2. The molecule has 0 aromatic heterocycles. The molecule has 0 radical (unpaired) electrons. The Bertz CT molecular complexity index is 5000. The molecule has 2 aliphatic heterocycles. The van der Waals surface area contributed by atoms with E-state index in [1.807, 2.05) is 122 Å². The number of halogens is 4. The van der Waals surface area contributed by atoms with Gasteiger partial charge >= 0.3 is 29.8 Å². The largest absolute Gasteiger partial charge is 0.478 e. The first kappa shape index (κ1) is 88.4. The summed E-state index contributed by atoms with van der Waals surface area (Å²) in [6, 6.07) is 77.2. The number of rotatable bonds is 17. The number of hydrogen-bond donors (Lipinski definition) is 4. The highest BCUT2D eigenvalue weighted by Crippen LogP contribution is 2.29. The van der Waals surface area contributed by atoms with E-state index in [0.29, 0.717) is 45.4 Å². The molecule has 17 nitrogen and oxygen atoms in total. The zero-order valence-corrected chi connectivity index (χ0v) is 65.9. The van der Waals surface area contributed by atoms with Gasteiger partial charge in [-0.25, -0.2) is 24.0 Å². The molecule has 1 amide bonds. The van der Waals surface area contributed by atoms with Gasteiger partial charge in [0.2, 0.25) is 0 Å². The lowest BCUT2D eigenvalue weighted by Crippen LogP contribution is -2.29. The fourth-order valence-corrected chi connectivity index (χ4v) is 11.5. The maximum absolute atomic E-state index is 12.1. The smallest absolute Gasteiger partial charge is 0.337 e. The van der Waals surface area contributed by atoms with Crippen LogP contribution in [0.1, 0.15) is 142 Å². The van der Waals surface area contributed by atoms with Crippen LogP contribution in [0.5, 0.6) is 0 Å². The summed E-state index contributed by atoms with van der Waals surface area (Å²) in [6.45, 7) is -0.139. The molecule has 0 fully saturated rings. The van der Waals surface area contributed by atoms with Crippen molar-refractivity contribution >= 4 is 150 Å². The number of terminal acetylenes is 1. The molecular weight excluding hydrogens is 1740 g/mol. The highest BCUT2D eigenvalue weighted by Gasteiger charge is 2.18. The Morgan fingerprint density at radius 1 is 0.440 bits per heavy atom. The second kappa shape index (κ2) is 46.7. The number of benzene rings is 10. The van der Waals surface area contributed by atoms with Crippen molar-refractivity contribution in [2.45, 2.75) is 33.1 Å². The number of aromatic carboxylic acids is 2. The Morgan fingerprint density at radius 2 is 0.826 bits per heavy atom. The second-order valence-electron chi connectivity index (χ2n) is 22.9. The van der Waals surface area contributed by atoms with Crippen LogP contribution in [0.3, 0.4) is 0 Å². The number of carboxylic acid groups (broad SMARTS) is 2. The van der Waals surface area contributed by atoms with Crippen LogP contribution in [0.15, 0.2) is 277 Å².